The molecule has 1 aliphatic carbocycles. The van der Waals surface area contributed by atoms with E-state index in [4.69, 9.17) is 0 Å². The van der Waals surface area contributed by atoms with Crippen LogP contribution in [0.4, 0.5) is 5.69 Å². The van der Waals surface area contributed by atoms with Crippen LogP contribution in [0.15, 0.2) is 36.5 Å². The lowest BCUT2D eigenvalue weighted by molar-refractivity contribution is 0.445. The van der Waals surface area contributed by atoms with E-state index in [1.807, 2.05) is 6.07 Å². The van der Waals surface area contributed by atoms with Crippen LogP contribution in [-0.4, -0.2) is 16.2 Å². The molecule has 2 aromatic rings. The van der Waals surface area contributed by atoms with E-state index < -0.39 is 0 Å². The number of aromatic amines is 1. The van der Waals surface area contributed by atoms with Crippen LogP contribution >= 0.6 is 0 Å². The lowest BCUT2D eigenvalue weighted by Gasteiger charge is -2.27. The van der Waals surface area contributed by atoms with Gasteiger partial charge < -0.3 is 5.32 Å². The highest BCUT2D eigenvalue weighted by Crippen LogP contribution is 2.24. The highest BCUT2D eigenvalue weighted by atomic mass is 15.1. The van der Waals surface area contributed by atoms with Gasteiger partial charge >= 0.3 is 0 Å². The third kappa shape index (κ3) is 1.81. The Morgan fingerprint density at radius 1 is 1.12 bits per heavy atom. The molecule has 82 valence electrons. The van der Waals surface area contributed by atoms with Crippen molar-refractivity contribution in [1.29, 1.82) is 0 Å². The van der Waals surface area contributed by atoms with E-state index in [1.54, 1.807) is 6.20 Å². The number of nitrogens with zero attached hydrogens (tertiary/aromatic N) is 1. The maximum atomic E-state index is 3.95. The van der Waals surface area contributed by atoms with Crippen molar-refractivity contribution in [3.05, 3.63) is 36.5 Å². The number of aromatic nitrogens is 2. The van der Waals surface area contributed by atoms with E-state index in [-0.39, 0.29) is 0 Å². The van der Waals surface area contributed by atoms with Crippen LogP contribution in [0, 0.1) is 0 Å². The molecule has 1 fully saturated rings. The van der Waals surface area contributed by atoms with Crippen LogP contribution in [0.2, 0.25) is 0 Å². The van der Waals surface area contributed by atoms with Crippen molar-refractivity contribution >= 4 is 5.69 Å². The van der Waals surface area contributed by atoms with Crippen LogP contribution in [0.5, 0.6) is 0 Å². The van der Waals surface area contributed by atoms with Gasteiger partial charge in [-0.05, 0) is 43.0 Å². The average molecular weight is 213 g/mol. The Hall–Kier alpha value is -1.77. The van der Waals surface area contributed by atoms with Crippen molar-refractivity contribution in [2.75, 3.05) is 5.32 Å². The molecule has 0 radical (unpaired) electrons. The minimum atomic E-state index is 0.693. The molecule has 0 atom stereocenters. The number of hydrogen-bond donors (Lipinski definition) is 2. The summed E-state index contributed by atoms with van der Waals surface area (Å²) in [7, 11) is 0. The summed E-state index contributed by atoms with van der Waals surface area (Å²) in [5.41, 5.74) is 3.46. The minimum Gasteiger partial charge on any atom is -0.382 e. The maximum absolute atomic E-state index is 3.95. The zero-order valence-corrected chi connectivity index (χ0v) is 9.11. The summed E-state index contributed by atoms with van der Waals surface area (Å²) in [6, 6.07) is 11.2. The van der Waals surface area contributed by atoms with Crippen LogP contribution in [0.25, 0.3) is 11.3 Å². The first-order chi connectivity index (χ1) is 7.92. The van der Waals surface area contributed by atoms with Gasteiger partial charge in [0, 0.05) is 17.9 Å². The predicted octanol–water partition coefficient (Wildman–Crippen LogP) is 3.04. The van der Waals surface area contributed by atoms with Gasteiger partial charge in [-0.3, -0.25) is 5.10 Å². The first-order valence-electron chi connectivity index (χ1n) is 5.78. The van der Waals surface area contributed by atoms with Crippen LogP contribution in [-0.2, 0) is 0 Å². The fourth-order valence-corrected chi connectivity index (χ4v) is 1.95. The zero-order valence-electron chi connectivity index (χ0n) is 9.11. The smallest absolute Gasteiger partial charge is 0.0650 e. The minimum absolute atomic E-state index is 0.693. The van der Waals surface area contributed by atoms with Crippen molar-refractivity contribution < 1.29 is 0 Å². The standard InChI is InChI=1S/C13H15N3/c1-2-11(3-1)15-12-6-4-10(5-7-12)13-8-9-14-16-13/h4-9,11,15H,1-3H2,(H,14,16). The molecule has 1 aromatic heterocycles. The van der Waals surface area contributed by atoms with Crippen LogP contribution in [0.3, 0.4) is 0 Å². The SMILES string of the molecule is c1cc(-c2ccc(NC3CCC3)cc2)[nH]n1. The highest BCUT2D eigenvalue weighted by molar-refractivity contribution is 5.62. The molecule has 0 amide bonds. The van der Waals surface area contributed by atoms with Gasteiger partial charge in [0.25, 0.3) is 0 Å². The molecule has 1 aromatic carbocycles. The Morgan fingerprint density at radius 2 is 1.94 bits per heavy atom. The lowest BCUT2D eigenvalue weighted by atomic mass is 9.93. The van der Waals surface area contributed by atoms with E-state index >= 15 is 0 Å². The number of benzene rings is 1. The Balaban J connectivity index is 1.74. The first kappa shape index (κ1) is 9.46. The summed E-state index contributed by atoms with van der Waals surface area (Å²) in [5, 5.41) is 10.4. The molecule has 0 saturated heterocycles. The number of anilines is 1. The summed E-state index contributed by atoms with van der Waals surface area (Å²) in [6.07, 6.45) is 5.75. The molecule has 1 heterocycles. The van der Waals surface area contributed by atoms with Crippen molar-refractivity contribution in [3.63, 3.8) is 0 Å². The van der Waals surface area contributed by atoms with Crippen molar-refractivity contribution in [1.82, 2.24) is 10.2 Å². The van der Waals surface area contributed by atoms with Gasteiger partial charge in [-0.15, -0.1) is 0 Å². The number of rotatable bonds is 3. The predicted molar refractivity (Wildman–Crippen MR) is 65.3 cm³/mol. The van der Waals surface area contributed by atoms with E-state index in [9.17, 15) is 0 Å². The average Bonchev–Trinajstić information content (AvgIpc) is 2.78. The molecule has 2 N–H and O–H groups in total. The van der Waals surface area contributed by atoms with Crippen molar-refractivity contribution in [3.8, 4) is 11.3 Å². The van der Waals surface area contributed by atoms with Gasteiger partial charge in [0.1, 0.15) is 0 Å². The van der Waals surface area contributed by atoms with Gasteiger partial charge in [0.2, 0.25) is 0 Å². The largest absolute Gasteiger partial charge is 0.382 e. The topological polar surface area (TPSA) is 40.7 Å². The van der Waals surface area contributed by atoms with Gasteiger partial charge in [0.15, 0.2) is 0 Å². The summed E-state index contributed by atoms with van der Waals surface area (Å²) in [4.78, 5) is 0. The number of hydrogen-bond acceptors (Lipinski definition) is 2. The summed E-state index contributed by atoms with van der Waals surface area (Å²) in [6.45, 7) is 0. The molecule has 1 aliphatic rings. The Bertz CT molecular complexity index is 441. The molecule has 3 heteroatoms. The van der Waals surface area contributed by atoms with Crippen LogP contribution in [0.1, 0.15) is 19.3 Å². The molecule has 1 saturated carbocycles. The third-order valence-electron chi connectivity index (χ3n) is 3.17. The monoisotopic (exact) mass is 213 g/mol. The van der Waals surface area contributed by atoms with E-state index in [0.717, 1.165) is 5.69 Å². The molecule has 0 bridgehead atoms. The van der Waals surface area contributed by atoms with E-state index in [2.05, 4.69) is 39.8 Å². The second-order valence-corrected chi connectivity index (χ2v) is 4.32. The number of H-pyrrole nitrogens is 1. The van der Waals surface area contributed by atoms with Crippen molar-refractivity contribution in [2.24, 2.45) is 0 Å². The molecular formula is C13H15N3. The molecule has 0 unspecified atom stereocenters. The molecule has 0 aliphatic heterocycles. The Labute approximate surface area is 94.9 Å². The summed E-state index contributed by atoms with van der Waals surface area (Å²) >= 11 is 0. The van der Waals surface area contributed by atoms with E-state index in [0.29, 0.717) is 6.04 Å². The maximum Gasteiger partial charge on any atom is 0.0650 e. The second-order valence-electron chi connectivity index (χ2n) is 4.32. The molecule has 3 nitrogen and oxygen atoms in total. The van der Waals surface area contributed by atoms with Gasteiger partial charge in [-0.25, -0.2) is 0 Å². The molecule has 16 heavy (non-hydrogen) atoms. The molecule has 0 spiro atoms. The van der Waals surface area contributed by atoms with Crippen molar-refractivity contribution in [2.45, 2.75) is 25.3 Å². The van der Waals surface area contributed by atoms with E-state index in [1.165, 1.54) is 30.5 Å². The molecular weight excluding hydrogens is 198 g/mol. The first-order valence-corrected chi connectivity index (χ1v) is 5.78. The normalized spacial score (nSPS) is 15.8. The fourth-order valence-electron chi connectivity index (χ4n) is 1.95. The van der Waals surface area contributed by atoms with Gasteiger partial charge in [-0.2, -0.15) is 5.10 Å². The summed E-state index contributed by atoms with van der Waals surface area (Å²) in [5.74, 6) is 0. The lowest BCUT2D eigenvalue weighted by Crippen LogP contribution is -2.26. The Kier molecular flexibility index (Phi) is 2.37. The van der Waals surface area contributed by atoms with Crippen LogP contribution < -0.4 is 5.32 Å². The van der Waals surface area contributed by atoms with Gasteiger partial charge in [-0.1, -0.05) is 12.1 Å². The van der Waals surface area contributed by atoms with Gasteiger partial charge in [0.05, 0.1) is 5.69 Å². The quantitative estimate of drug-likeness (QED) is 0.822. The third-order valence-corrected chi connectivity index (χ3v) is 3.17. The summed E-state index contributed by atoms with van der Waals surface area (Å²) < 4.78 is 0. The highest BCUT2D eigenvalue weighted by Gasteiger charge is 2.16. The molecule has 3 rings (SSSR count). The number of nitrogens with one attached hydrogen (secondary N) is 2. The fraction of sp³-hybridized carbons (Fsp3) is 0.308. The zero-order chi connectivity index (χ0) is 10.8. The second kappa shape index (κ2) is 4.00. The Morgan fingerprint density at radius 3 is 2.50 bits per heavy atom.